The molecule has 1 aromatic rings. The highest BCUT2D eigenvalue weighted by molar-refractivity contribution is 5.92. The van der Waals surface area contributed by atoms with E-state index in [1.165, 1.54) is 30.4 Å². The van der Waals surface area contributed by atoms with E-state index in [0.717, 1.165) is 19.5 Å². The molecule has 5 heteroatoms. The monoisotopic (exact) mass is 306 g/mol. The van der Waals surface area contributed by atoms with E-state index in [9.17, 15) is 14.0 Å². The molecular weight excluding hydrogens is 283 g/mol. The number of carbonyl (C=O) groups is 2. The van der Waals surface area contributed by atoms with Gasteiger partial charge in [0.25, 0.3) is 0 Å². The fourth-order valence-electron chi connectivity index (χ4n) is 2.87. The summed E-state index contributed by atoms with van der Waals surface area (Å²) in [5.74, 6) is 0.135. The van der Waals surface area contributed by atoms with Crippen LogP contribution in [0.4, 0.5) is 10.1 Å². The number of rotatable bonds is 4. The van der Waals surface area contributed by atoms with Crippen LogP contribution in [0.25, 0.3) is 0 Å². The van der Waals surface area contributed by atoms with Crippen LogP contribution in [0.2, 0.25) is 0 Å². The van der Waals surface area contributed by atoms with Crippen LogP contribution in [0, 0.1) is 11.7 Å². The predicted octanol–water partition coefficient (Wildman–Crippen LogP) is 2.83. The third-order valence-electron chi connectivity index (χ3n) is 4.08. The van der Waals surface area contributed by atoms with Crippen molar-refractivity contribution in [3.8, 4) is 0 Å². The lowest BCUT2D eigenvalue weighted by atomic mass is 10.00. The lowest BCUT2D eigenvalue weighted by Gasteiger charge is -2.31. The van der Waals surface area contributed by atoms with E-state index in [1.807, 2.05) is 4.90 Å². The van der Waals surface area contributed by atoms with Crippen LogP contribution >= 0.6 is 0 Å². The van der Waals surface area contributed by atoms with E-state index in [1.54, 1.807) is 12.1 Å². The Hall–Kier alpha value is -1.91. The van der Waals surface area contributed by atoms with Gasteiger partial charge in [-0.3, -0.25) is 9.59 Å². The summed E-state index contributed by atoms with van der Waals surface area (Å²) in [7, 11) is 0. The van der Waals surface area contributed by atoms with Crippen molar-refractivity contribution in [3.05, 3.63) is 30.1 Å². The highest BCUT2D eigenvalue weighted by atomic mass is 19.1. The van der Waals surface area contributed by atoms with E-state index in [0.29, 0.717) is 24.6 Å². The summed E-state index contributed by atoms with van der Waals surface area (Å²) in [5, 5.41) is 0. The van der Waals surface area contributed by atoms with Crippen LogP contribution in [0.1, 0.15) is 33.1 Å². The zero-order valence-electron chi connectivity index (χ0n) is 13.2. The third kappa shape index (κ3) is 4.29. The summed E-state index contributed by atoms with van der Waals surface area (Å²) in [5.41, 5.74) is 0.619. The molecule has 22 heavy (non-hydrogen) atoms. The van der Waals surface area contributed by atoms with Crippen molar-refractivity contribution >= 4 is 17.5 Å². The van der Waals surface area contributed by atoms with Gasteiger partial charge in [-0.1, -0.05) is 6.92 Å². The summed E-state index contributed by atoms with van der Waals surface area (Å²) in [6.45, 7) is 5.54. The van der Waals surface area contributed by atoms with Gasteiger partial charge >= 0.3 is 0 Å². The Morgan fingerprint density at radius 1 is 1.32 bits per heavy atom. The molecule has 4 nitrogen and oxygen atoms in total. The fraction of sp³-hybridized carbons (Fsp3) is 0.529. The number of hydrogen-bond donors (Lipinski definition) is 0. The Bertz CT molecular complexity index is 530. The average molecular weight is 306 g/mol. The number of hydrogen-bond acceptors (Lipinski definition) is 2. The summed E-state index contributed by atoms with van der Waals surface area (Å²) in [6.07, 6.45) is 2.50. The van der Waals surface area contributed by atoms with E-state index in [4.69, 9.17) is 0 Å². The maximum atomic E-state index is 13.0. The van der Waals surface area contributed by atoms with Crippen molar-refractivity contribution in [2.45, 2.75) is 33.1 Å². The zero-order chi connectivity index (χ0) is 16.1. The Morgan fingerprint density at radius 3 is 2.59 bits per heavy atom. The molecule has 0 spiro atoms. The van der Waals surface area contributed by atoms with Gasteiger partial charge in [0.05, 0.1) is 0 Å². The molecule has 1 aliphatic rings. The van der Waals surface area contributed by atoms with Crippen molar-refractivity contribution in [2.75, 3.05) is 24.5 Å². The molecule has 0 saturated carbocycles. The largest absolute Gasteiger partial charge is 0.342 e. The molecule has 2 amide bonds. The Morgan fingerprint density at radius 2 is 2.00 bits per heavy atom. The Labute approximate surface area is 130 Å². The number of piperidine rings is 1. The highest BCUT2D eigenvalue weighted by Gasteiger charge is 2.22. The number of amides is 2. The summed E-state index contributed by atoms with van der Waals surface area (Å²) in [4.78, 5) is 27.5. The van der Waals surface area contributed by atoms with Gasteiger partial charge in [-0.15, -0.1) is 0 Å². The molecular formula is C17H23FN2O2. The second-order valence-corrected chi connectivity index (χ2v) is 5.98. The SMILES string of the molecule is CC(=O)N(CCC(=O)N1CCCC(C)C1)c1ccc(F)cc1. The average Bonchev–Trinajstić information content (AvgIpc) is 2.48. The van der Waals surface area contributed by atoms with Gasteiger partial charge in [-0.25, -0.2) is 4.39 Å². The van der Waals surface area contributed by atoms with Gasteiger partial charge in [0.2, 0.25) is 11.8 Å². The van der Waals surface area contributed by atoms with Gasteiger partial charge in [0.1, 0.15) is 5.82 Å². The maximum absolute atomic E-state index is 13.0. The summed E-state index contributed by atoms with van der Waals surface area (Å²) < 4.78 is 13.0. The van der Waals surface area contributed by atoms with Crippen LogP contribution in [-0.4, -0.2) is 36.3 Å². The molecule has 0 bridgehead atoms. The molecule has 2 rings (SSSR count). The van der Waals surface area contributed by atoms with Crippen molar-refractivity contribution < 1.29 is 14.0 Å². The molecule has 1 unspecified atom stereocenters. The molecule has 1 aromatic carbocycles. The minimum Gasteiger partial charge on any atom is -0.342 e. The zero-order valence-corrected chi connectivity index (χ0v) is 13.2. The number of anilines is 1. The molecule has 1 fully saturated rings. The molecule has 1 atom stereocenters. The summed E-state index contributed by atoms with van der Waals surface area (Å²) >= 11 is 0. The second kappa shape index (κ2) is 7.38. The van der Waals surface area contributed by atoms with Gasteiger partial charge < -0.3 is 9.80 Å². The van der Waals surface area contributed by atoms with E-state index in [-0.39, 0.29) is 17.6 Å². The third-order valence-corrected chi connectivity index (χ3v) is 4.08. The van der Waals surface area contributed by atoms with E-state index in [2.05, 4.69) is 6.92 Å². The number of benzene rings is 1. The number of carbonyl (C=O) groups excluding carboxylic acids is 2. The molecule has 1 saturated heterocycles. The van der Waals surface area contributed by atoms with Crippen LogP contribution in [0.15, 0.2) is 24.3 Å². The van der Waals surface area contributed by atoms with Gasteiger partial charge in [0, 0.05) is 38.7 Å². The molecule has 0 aromatic heterocycles. The number of likely N-dealkylation sites (tertiary alicyclic amines) is 1. The molecule has 1 aliphatic heterocycles. The molecule has 0 N–H and O–H groups in total. The minimum absolute atomic E-state index is 0.0833. The lowest BCUT2D eigenvalue weighted by molar-refractivity contribution is -0.132. The van der Waals surface area contributed by atoms with Gasteiger partial charge in [-0.2, -0.15) is 0 Å². The van der Waals surface area contributed by atoms with Gasteiger partial charge in [-0.05, 0) is 43.0 Å². The van der Waals surface area contributed by atoms with E-state index < -0.39 is 0 Å². The first kappa shape index (κ1) is 16.5. The van der Waals surface area contributed by atoms with Crippen molar-refractivity contribution in [1.82, 2.24) is 4.90 Å². The van der Waals surface area contributed by atoms with Crippen molar-refractivity contribution in [2.24, 2.45) is 5.92 Å². The Kier molecular flexibility index (Phi) is 5.52. The van der Waals surface area contributed by atoms with E-state index >= 15 is 0 Å². The molecule has 0 radical (unpaired) electrons. The smallest absolute Gasteiger partial charge is 0.224 e. The minimum atomic E-state index is -0.342. The van der Waals surface area contributed by atoms with Crippen LogP contribution < -0.4 is 4.90 Å². The lowest BCUT2D eigenvalue weighted by Crippen LogP contribution is -2.41. The quantitative estimate of drug-likeness (QED) is 0.858. The topological polar surface area (TPSA) is 40.6 Å². The highest BCUT2D eigenvalue weighted by Crippen LogP contribution is 2.18. The maximum Gasteiger partial charge on any atom is 0.224 e. The van der Waals surface area contributed by atoms with Crippen molar-refractivity contribution in [3.63, 3.8) is 0 Å². The van der Waals surface area contributed by atoms with Crippen LogP contribution in [0.5, 0.6) is 0 Å². The molecule has 120 valence electrons. The van der Waals surface area contributed by atoms with Gasteiger partial charge in [0.15, 0.2) is 0 Å². The molecule has 0 aliphatic carbocycles. The second-order valence-electron chi connectivity index (χ2n) is 5.98. The normalized spacial score (nSPS) is 18.1. The van der Waals surface area contributed by atoms with Crippen LogP contribution in [-0.2, 0) is 9.59 Å². The first-order chi connectivity index (χ1) is 10.5. The summed E-state index contributed by atoms with van der Waals surface area (Å²) in [6, 6.07) is 5.76. The standard InChI is InChI=1S/C17H23FN2O2/c1-13-4-3-10-19(12-13)17(22)9-11-20(14(2)21)16-7-5-15(18)6-8-16/h5-8,13H,3-4,9-12H2,1-2H3. The van der Waals surface area contributed by atoms with Crippen LogP contribution in [0.3, 0.4) is 0 Å². The Balaban J connectivity index is 1.95. The number of halogens is 1. The van der Waals surface area contributed by atoms with Crippen molar-refractivity contribution in [1.29, 1.82) is 0 Å². The predicted molar refractivity (Wildman–Crippen MR) is 84.0 cm³/mol. The number of nitrogens with zero attached hydrogens (tertiary/aromatic N) is 2. The first-order valence-electron chi connectivity index (χ1n) is 7.79. The molecule has 1 heterocycles. The first-order valence-corrected chi connectivity index (χ1v) is 7.79. The fourth-order valence-corrected chi connectivity index (χ4v) is 2.87.